The highest BCUT2D eigenvalue weighted by atomic mass is 16.5. The molecule has 2 amide bonds. The minimum absolute atomic E-state index is 0. The number of ether oxygens (including phenoxy) is 4. The van der Waals surface area contributed by atoms with E-state index in [-0.39, 0.29) is 27.4 Å². The second-order valence-electron chi connectivity index (χ2n) is 5.58. The summed E-state index contributed by atoms with van der Waals surface area (Å²) in [6.07, 6.45) is 2.11. The van der Waals surface area contributed by atoms with Gasteiger partial charge in [-0.15, -0.1) is 0 Å². The van der Waals surface area contributed by atoms with Crippen LogP contribution in [0, 0.1) is 0 Å². The van der Waals surface area contributed by atoms with E-state index in [1.807, 2.05) is 20.8 Å². The molecule has 0 rings (SSSR count). The van der Waals surface area contributed by atoms with Gasteiger partial charge in [0.05, 0.1) is 45.7 Å². The monoisotopic (exact) mass is 396 g/mol. The van der Waals surface area contributed by atoms with Crippen LogP contribution in [0.15, 0.2) is 0 Å². The van der Waals surface area contributed by atoms with Gasteiger partial charge >= 0.3 is 0 Å². The van der Waals surface area contributed by atoms with Crippen LogP contribution < -0.4 is 10.6 Å². The van der Waals surface area contributed by atoms with Gasteiger partial charge in [-0.2, -0.15) is 0 Å². The Balaban J connectivity index is -0.000000755. The van der Waals surface area contributed by atoms with Gasteiger partial charge in [0, 0.05) is 22.9 Å². The number of rotatable bonds is 17. The summed E-state index contributed by atoms with van der Waals surface area (Å²) in [4.78, 5) is 22.1. The fourth-order valence-electron chi connectivity index (χ4n) is 1.86. The summed E-state index contributed by atoms with van der Waals surface area (Å²) in [5.41, 5.74) is 0. The van der Waals surface area contributed by atoms with E-state index < -0.39 is 0 Å². The molecule has 0 saturated carbocycles. The van der Waals surface area contributed by atoms with Crippen LogP contribution >= 0.6 is 0 Å². The molecule has 0 heterocycles. The summed E-state index contributed by atoms with van der Waals surface area (Å²) in [6.45, 7) is 13.4. The Hall–Kier alpha value is -1.22. The summed E-state index contributed by atoms with van der Waals surface area (Å²) < 4.78 is 21.4. The molecule has 0 bridgehead atoms. The average Bonchev–Trinajstić information content (AvgIpc) is 2.65. The lowest BCUT2D eigenvalue weighted by Gasteiger charge is -2.12. The lowest BCUT2D eigenvalue weighted by atomic mass is 10.2. The van der Waals surface area contributed by atoms with Crippen molar-refractivity contribution in [3.63, 3.8) is 0 Å². The van der Waals surface area contributed by atoms with E-state index in [1.54, 1.807) is 0 Å². The van der Waals surface area contributed by atoms with Gasteiger partial charge in [-0.3, -0.25) is 9.59 Å². The maximum atomic E-state index is 11.5. The molecule has 0 aromatic heterocycles. The van der Waals surface area contributed by atoms with Gasteiger partial charge in [-0.1, -0.05) is 27.2 Å². The molecule has 2 N–H and O–H groups in total. The first-order valence-electron chi connectivity index (χ1n) is 9.92. The van der Waals surface area contributed by atoms with E-state index in [0.717, 1.165) is 12.8 Å². The largest absolute Gasteiger partial charge is 0.377 e. The highest BCUT2D eigenvalue weighted by molar-refractivity contribution is 5.77. The summed E-state index contributed by atoms with van der Waals surface area (Å²) in [5.74, 6) is -0.189. The average molecular weight is 397 g/mol. The fourth-order valence-corrected chi connectivity index (χ4v) is 1.86. The molecule has 0 aliphatic rings. The molecule has 166 valence electrons. The van der Waals surface area contributed by atoms with Crippen LogP contribution in [0.1, 0.15) is 50.3 Å². The molecule has 0 aromatic rings. The summed E-state index contributed by atoms with van der Waals surface area (Å²) in [6, 6.07) is 0. The van der Waals surface area contributed by atoms with Crippen molar-refractivity contribution in [2.75, 3.05) is 59.3 Å². The van der Waals surface area contributed by atoms with Crippen LogP contribution in [0.3, 0.4) is 0 Å². The van der Waals surface area contributed by atoms with Gasteiger partial charge in [-0.25, -0.2) is 0 Å². The van der Waals surface area contributed by atoms with Crippen molar-refractivity contribution in [1.29, 1.82) is 0 Å². The van der Waals surface area contributed by atoms with Crippen molar-refractivity contribution in [3.05, 3.63) is 0 Å². The Kier molecular flexibility index (Phi) is 23.7. The number of amides is 2. The number of carbonyl (C=O) groups excluding carboxylic acids is 2. The lowest BCUT2D eigenvalue weighted by Crippen LogP contribution is -2.32. The van der Waals surface area contributed by atoms with Gasteiger partial charge in [0.25, 0.3) is 0 Å². The summed E-state index contributed by atoms with van der Waals surface area (Å²) in [5, 5.41) is 5.38. The first-order valence-corrected chi connectivity index (χ1v) is 9.92. The number of nitrogens with one attached hydrogen (secondary N) is 2. The van der Waals surface area contributed by atoms with Crippen molar-refractivity contribution < 1.29 is 31.4 Å². The van der Waals surface area contributed by atoms with Crippen LogP contribution in [0.2, 0.25) is 0 Å². The molecule has 0 radical (unpaired) electrons. The minimum Gasteiger partial charge on any atom is -0.377 e. The van der Waals surface area contributed by atoms with E-state index in [9.17, 15) is 9.59 Å². The molecule has 1 atom stereocenters. The van der Waals surface area contributed by atoms with E-state index in [4.69, 9.17) is 18.9 Å². The highest BCUT2D eigenvalue weighted by Gasteiger charge is 2.05. The lowest BCUT2D eigenvalue weighted by molar-refractivity contribution is -0.127. The molecular weight excluding hydrogens is 352 g/mol. The highest BCUT2D eigenvalue weighted by Crippen LogP contribution is 1.99. The van der Waals surface area contributed by atoms with Crippen molar-refractivity contribution in [2.24, 2.45) is 0 Å². The first kappa shape index (κ1) is 28.0. The zero-order chi connectivity index (χ0) is 20.8. The molecule has 0 saturated heterocycles. The normalized spacial score (nSPS) is 11.3. The molecular formula is C19H44N2O6. The number of carbonyl (C=O) groups is 2. The Morgan fingerprint density at radius 2 is 1.37 bits per heavy atom. The third-order valence-electron chi connectivity index (χ3n) is 3.13. The molecule has 0 aliphatic carbocycles. The molecule has 8 heteroatoms. The van der Waals surface area contributed by atoms with Crippen LogP contribution in [0.25, 0.3) is 0 Å². The standard InChI is InChI=1S/C17H34N2O6.C2H6.2H2/c1-4-5-15(2)25-14-17(21)19-7-9-23-11-13-24-12-10-22-8-6-18-16(3)20;1-2;;/h15H,4-14H2,1-3H3,(H,18,20)(H,19,21);1-2H3;2*1H. The zero-order valence-corrected chi connectivity index (χ0v) is 17.8. The van der Waals surface area contributed by atoms with Gasteiger partial charge < -0.3 is 29.6 Å². The molecule has 0 spiro atoms. The number of hydrogen-bond donors (Lipinski definition) is 2. The molecule has 0 fully saturated rings. The van der Waals surface area contributed by atoms with Gasteiger partial charge in [0.15, 0.2) is 0 Å². The fraction of sp³-hybridized carbons (Fsp3) is 0.895. The second-order valence-corrected chi connectivity index (χ2v) is 5.58. The predicted molar refractivity (Wildman–Crippen MR) is 110 cm³/mol. The van der Waals surface area contributed by atoms with Crippen molar-refractivity contribution in [1.82, 2.24) is 10.6 Å². The van der Waals surface area contributed by atoms with Crippen LogP contribution in [-0.4, -0.2) is 77.3 Å². The molecule has 1 unspecified atom stereocenters. The second kappa shape index (κ2) is 22.8. The summed E-state index contributed by atoms with van der Waals surface area (Å²) >= 11 is 0. The maximum Gasteiger partial charge on any atom is 0.246 e. The third-order valence-corrected chi connectivity index (χ3v) is 3.13. The van der Waals surface area contributed by atoms with Crippen molar-refractivity contribution in [3.8, 4) is 0 Å². The number of hydrogen-bond acceptors (Lipinski definition) is 6. The molecule has 0 aromatic carbocycles. The Bertz CT molecular complexity index is 353. The van der Waals surface area contributed by atoms with E-state index in [2.05, 4.69) is 17.6 Å². The molecule has 8 nitrogen and oxygen atoms in total. The Labute approximate surface area is 167 Å². The third kappa shape index (κ3) is 24.8. The Morgan fingerprint density at radius 3 is 1.85 bits per heavy atom. The molecule has 27 heavy (non-hydrogen) atoms. The van der Waals surface area contributed by atoms with Crippen LogP contribution in [-0.2, 0) is 28.5 Å². The van der Waals surface area contributed by atoms with Gasteiger partial charge in [-0.05, 0) is 13.3 Å². The van der Waals surface area contributed by atoms with Crippen molar-refractivity contribution in [2.45, 2.75) is 53.6 Å². The minimum atomic E-state index is -0.126. The zero-order valence-electron chi connectivity index (χ0n) is 17.8. The van der Waals surface area contributed by atoms with Gasteiger partial charge in [0.2, 0.25) is 11.8 Å². The summed E-state index contributed by atoms with van der Waals surface area (Å²) in [7, 11) is 0. The first-order chi connectivity index (χ1) is 13.1. The smallest absolute Gasteiger partial charge is 0.246 e. The van der Waals surface area contributed by atoms with E-state index in [1.165, 1.54) is 6.92 Å². The van der Waals surface area contributed by atoms with Crippen LogP contribution in [0.4, 0.5) is 0 Å². The Morgan fingerprint density at radius 1 is 0.889 bits per heavy atom. The van der Waals surface area contributed by atoms with Crippen molar-refractivity contribution >= 4 is 11.8 Å². The van der Waals surface area contributed by atoms with Gasteiger partial charge in [0.1, 0.15) is 6.61 Å². The van der Waals surface area contributed by atoms with Crippen LogP contribution in [0.5, 0.6) is 0 Å². The SMILES string of the molecule is CC.CCCC(C)OCC(=O)NCCOCCOCCOCCNC(C)=O.[HH].[HH]. The maximum absolute atomic E-state index is 11.5. The van der Waals surface area contributed by atoms with E-state index >= 15 is 0 Å². The molecule has 0 aliphatic heterocycles. The topological polar surface area (TPSA) is 95.1 Å². The quantitative estimate of drug-likeness (QED) is 0.365. The predicted octanol–water partition coefficient (Wildman–Crippen LogP) is 2.01. The van der Waals surface area contributed by atoms with E-state index in [0.29, 0.717) is 52.7 Å².